The minimum Gasteiger partial charge on any atom is -0.417 e. The highest BCUT2D eigenvalue weighted by Gasteiger charge is 2.17. The molecule has 2 aromatic rings. The van der Waals surface area contributed by atoms with Gasteiger partial charge in [0.2, 0.25) is 27.8 Å². The average Bonchev–Trinajstić information content (AvgIpc) is 2.65. The van der Waals surface area contributed by atoms with Crippen molar-refractivity contribution in [2.45, 2.75) is 52.2 Å². The number of anilines is 2. The van der Waals surface area contributed by atoms with Crippen LogP contribution in [0.25, 0.3) is 0 Å². The van der Waals surface area contributed by atoms with Crippen LogP contribution in [0.5, 0.6) is 5.88 Å². The number of rotatable bonds is 12. The molecule has 0 aliphatic carbocycles. The lowest BCUT2D eigenvalue weighted by Gasteiger charge is -2.19. The Labute approximate surface area is 185 Å². The molecule has 0 spiro atoms. The van der Waals surface area contributed by atoms with Crippen LogP contribution in [-0.4, -0.2) is 59.0 Å². The van der Waals surface area contributed by atoms with Crippen molar-refractivity contribution in [2.75, 3.05) is 22.9 Å². The summed E-state index contributed by atoms with van der Waals surface area (Å²) in [6.07, 6.45) is 3.35. The lowest BCUT2D eigenvalue weighted by Crippen LogP contribution is -2.27. The molecule has 32 heavy (non-hydrogen) atoms. The van der Waals surface area contributed by atoms with E-state index in [4.69, 9.17) is 0 Å². The second-order valence-electron chi connectivity index (χ2n) is 7.84. The van der Waals surface area contributed by atoms with Crippen LogP contribution in [0.3, 0.4) is 0 Å². The van der Waals surface area contributed by atoms with Crippen LogP contribution in [0.4, 0.5) is 20.7 Å². The van der Waals surface area contributed by atoms with E-state index in [0.717, 1.165) is 11.8 Å². The molecular formula is C19H28F2N6O4S. The van der Waals surface area contributed by atoms with Crippen LogP contribution < -0.4 is 14.8 Å². The minimum atomic E-state index is -3.62. The summed E-state index contributed by atoms with van der Waals surface area (Å²) in [7, 11) is -3.62. The molecular weight excluding hydrogens is 446 g/mol. The van der Waals surface area contributed by atoms with Crippen molar-refractivity contribution >= 4 is 21.9 Å². The number of sulfonamides is 1. The number of ether oxygens (including phenoxy) is 1. The van der Waals surface area contributed by atoms with Crippen molar-refractivity contribution in [3.63, 3.8) is 0 Å². The molecule has 2 unspecified atom stereocenters. The summed E-state index contributed by atoms with van der Waals surface area (Å²) in [5.74, 6) is 0.227. The van der Waals surface area contributed by atoms with Gasteiger partial charge < -0.3 is 15.2 Å². The molecule has 13 heteroatoms. The summed E-state index contributed by atoms with van der Waals surface area (Å²) in [6, 6.07) is 2.63. The molecule has 0 radical (unpaired) electrons. The van der Waals surface area contributed by atoms with Gasteiger partial charge in [-0.25, -0.2) is 13.4 Å². The van der Waals surface area contributed by atoms with Crippen molar-refractivity contribution in [1.29, 1.82) is 0 Å². The third-order valence-electron chi connectivity index (χ3n) is 4.29. The van der Waals surface area contributed by atoms with Gasteiger partial charge in [-0.1, -0.05) is 26.8 Å². The zero-order valence-electron chi connectivity index (χ0n) is 18.3. The first-order valence-corrected chi connectivity index (χ1v) is 11.8. The number of alkyl halides is 2. The summed E-state index contributed by atoms with van der Waals surface area (Å²) in [5.41, 5.74) is 0.729. The number of aliphatic hydroxyl groups is 1. The van der Waals surface area contributed by atoms with Gasteiger partial charge in [0.25, 0.3) is 0 Å². The Bertz CT molecular complexity index is 976. The lowest BCUT2D eigenvalue weighted by molar-refractivity contribution is -0.0528. The van der Waals surface area contributed by atoms with E-state index in [1.54, 1.807) is 6.07 Å². The second-order valence-corrected chi connectivity index (χ2v) is 9.59. The van der Waals surface area contributed by atoms with Gasteiger partial charge in [-0.2, -0.15) is 23.7 Å². The number of hydrogen-bond donors (Lipinski definition) is 3. The fraction of sp³-hybridized carbons (Fsp3) is 0.579. The molecule has 0 saturated heterocycles. The molecule has 0 saturated carbocycles. The molecule has 0 aliphatic rings. The fourth-order valence-corrected chi connectivity index (χ4v) is 3.38. The normalized spacial score (nSPS) is 13.8. The molecule has 2 aromatic heterocycles. The molecule has 2 rings (SSSR count). The van der Waals surface area contributed by atoms with Crippen LogP contribution in [0, 0.1) is 5.92 Å². The summed E-state index contributed by atoms with van der Waals surface area (Å²) in [5, 5.41) is 12.6. The number of nitrogens with zero attached hydrogens (tertiary/aromatic N) is 4. The van der Waals surface area contributed by atoms with Crippen LogP contribution in [0.1, 0.15) is 44.5 Å². The van der Waals surface area contributed by atoms with Gasteiger partial charge in [0.15, 0.2) is 0 Å². The van der Waals surface area contributed by atoms with Crippen molar-refractivity contribution < 1.29 is 27.0 Å². The lowest BCUT2D eigenvalue weighted by atomic mass is 9.99. The second kappa shape index (κ2) is 11.3. The van der Waals surface area contributed by atoms with Gasteiger partial charge in [-0.15, -0.1) is 0 Å². The summed E-state index contributed by atoms with van der Waals surface area (Å²) in [6.45, 7) is 2.77. The van der Waals surface area contributed by atoms with E-state index in [2.05, 4.69) is 34.7 Å². The molecule has 178 valence electrons. The van der Waals surface area contributed by atoms with Crippen molar-refractivity contribution in [3.8, 4) is 5.88 Å². The predicted molar refractivity (Wildman–Crippen MR) is 115 cm³/mol. The van der Waals surface area contributed by atoms with Crippen LogP contribution in [-0.2, 0) is 16.4 Å². The van der Waals surface area contributed by atoms with E-state index in [1.807, 2.05) is 20.8 Å². The molecule has 0 amide bonds. The molecule has 0 fully saturated rings. The Kier molecular flexibility index (Phi) is 9.01. The Hall–Kier alpha value is -2.67. The number of nitrogens with one attached hydrogen (secondary N) is 2. The van der Waals surface area contributed by atoms with E-state index in [9.17, 15) is 22.3 Å². The van der Waals surface area contributed by atoms with Crippen LogP contribution >= 0.6 is 0 Å². The van der Waals surface area contributed by atoms with Crippen LogP contribution in [0.15, 0.2) is 18.3 Å². The molecule has 10 nitrogen and oxygen atoms in total. The number of halogens is 2. The molecule has 0 bridgehead atoms. The van der Waals surface area contributed by atoms with Crippen LogP contribution in [0.2, 0.25) is 0 Å². The highest BCUT2D eigenvalue weighted by molar-refractivity contribution is 7.91. The molecule has 2 atom stereocenters. The number of pyridine rings is 1. The van der Waals surface area contributed by atoms with Gasteiger partial charge in [0.05, 0.1) is 18.9 Å². The van der Waals surface area contributed by atoms with Crippen molar-refractivity contribution in [1.82, 2.24) is 19.9 Å². The third-order valence-corrected chi connectivity index (χ3v) is 4.85. The minimum absolute atomic E-state index is 0.131. The van der Waals surface area contributed by atoms with Gasteiger partial charge in [-0.05, 0) is 23.8 Å². The largest absolute Gasteiger partial charge is 0.417 e. The number of aromatic nitrogens is 4. The highest BCUT2D eigenvalue weighted by Crippen LogP contribution is 2.22. The first-order valence-electron chi connectivity index (χ1n) is 9.96. The van der Waals surface area contributed by atoms with Gasteiger partial charge in [0.1, 0.15) is 5.82 Å². The number of hydrogen-bond acceptors (Lipinski definition) is 9. The van der Waals surface area contributed by atoms with Gasteiger partial charge in [0, 0.05) is 18.7 Å². The maximum atomic E-state index is 12.3. The maximum Gasteiger partial charge on any atom is 0.388 e. The monoisotopic (exact) mass is 474 g/mol. The Balaban J connectivity index is 2.25. The highest BCUT2D eigenvalue weighted by atomic mass is 32.2. The maximum absolute atomic E-state index is 12.3. The summed E-state index contributed by atoms with van der Waals surface area (Å²) in [4.78, 5) is 16.5. The van der Waals surface area contributed by atoms with E-state index >= 15 is 0 Å². The smallest absolute Gasteiger partial charge is 0.388 e. The summed E-state index contributed by atoms with van der Waals surface area (Å²) >= 11 is 0. The zero-order chi connectivity index (χ0) is 23.9. The van der Waals surface area contributed by atoms with Gasteiger partial charge in [-0.3, -0.25) is 4.72 Å². The summed E-state index contributed by atoms with van der Waals surface area (Å²) < 4.78 is 54.4. The van der Waals surface area contributed by atoms with E-state index in [-0.39, 0.29) is 36.3 Å². The van der Waals surface area contributed by atoms with Gasteiger partial charge >= 0.3 is 6.61 Å². The first kappa shape index (κ1) is 25.6. The predicted octanol–water partition coefficient (Wildman–Crippen LogP) is 2.40. The quantitative estimate of drug-likeness (QED) is 0.423. The molecule has 3 N–H and O–H groups in total. The van der Waals surface area contributed by atoms with E-state index in [1.165, 1.54) is 12.3 Å². The van der Waals surface area contributed by atoms with Crippen molar-refractivity contribution in [3.05, 3.63) is 29.7 Å². The molecule has 0 aliphatic heterocycles. The Morgan fingerprint density at radius 3 is 2.34 bits per heavy atom. The third kappa shape index (κ3) is 8.83. The van der Waals surface area contributed by atoms with Crippen molar-refractivity contribution in [2.24, 2.45) is 5.92 Å². The first-order chi connectivity index (χ1) is 14.9. The van der Waals surface area contributed by atoms with E-state index < -0.39 is 16.6 Å². The zero-order valence-corrected chi connectivity index (χ0v) is 19.1. The topological polar surface area (TPSA) is 139 Å². The Morgan fingerprint density at radius 1 is 1.12 bits per heavy atom. The number of aliphatic hydroxyl groups excluding tert-OH is 1. The van der Waals surface area contributed by atoms with E-state index in [0.29, 0.717) is 24.6 Å². The average molecular weight is 475 g/mol. The molecule has 2 heterocycles. The fourth-order valence-electron chi connectivity index (χ4n) is 2.95. The SMILES string of the molecule is CC(C)CC(CO)Nc1nc(CC(C)c2ccc(OC(F)F)nc2)nc(NS(C)(=O)=O)n1. The standard InChI is InChI=1S/C19H28F2N6O4S/c1-11(2)7-14(10-28)23-18-24-15(25-19(26-18)27-32(4,29)30)8-12(3)13-5-6-16(22-9-13)31-17(20)21/h5-6,9,11-12,14,17,28H,7-8,10H2,1-4H3,(H2,23,24,25,26,27). The molecule has 0 aromatic carbocycles. The Morgan fingerprint density at radius 2 is 1.81 bits per heavy atom.